The Morgan fingerprint density at radius 1 is 1.50 bits per heavy atom. The van der Waals surface area contributed by atoms with Gasteiger partial charge in [0.05, 0.1) is 0 Å². The first-order valence-electron chi connectivity index (χ1n) is 5.66. The lowest BCUT2D eigenvalue weighted by Crippen LogP contribution is -2.44. The molecular weight excluding hydrogens is 192 g/mol. The van der Waals surface area contributed by atoms with Crippen LogP contribution in [-0.2, 0) is 0 Å². The summed E-state index contributed by atoms with van der Waals surface area (Å²) < 4.78 is 0. The molecule has 0 amide bonds. The van der Waals surface area contributed by atoms with Gasteiger partial charge >= 0.3 is 0 Å². The Morgan fingerprint density at radius 2 is 2.21 bits per heavy atom. The third kappa shape index (κ3) is 2.88. The van der Waals surface area contributed by atoms with Crippen molar-refractivity contribution in [3.05, 3.63) is 0 Å². The fraction of sp³-hybridized carbons (Fsp3) is 1.00. The molecule has 0 saturated carbocycles. The van der Waals surface area contributed by atoms with Crippen LogP contribution < -0.4 is 5.32 Å². The SMILES string of the molecule is CCCC(C)N(C)C1CNCC1SC. The van der Waals surface area contributed by atoms with Crippen molar-refractivity contribution in [3.63, 3.8) is 0 Å². The van der Waals surface area contributed by atoms with Gasteiger partial charge in [-0.05, 0) is 26.6 Å². The molecule has 0 aromatic heterocycles. The molecule has 1 aliphatic rings. The maximum atomic E-state index is 3.49. The van der Waals surface area contributed by atoms with Gasteiger partial charge in [-0.25, -0.2) is 0 Å². The summed E-state index contributed by atoms with van der Waals surface area (Å²) in [7, 11) is 2.28. The van der Waals surface area contributed by atoms with Crippen molar-refractivity contribution in [2.24, 2.45) is 0 Å². The molecule has 1 aliphatic heterocycles. The maximum absolute atomic E-state index is 3.49. The number of rotatable bonds is 5. The van der Waals surface area contributed by atoms with Crippen molar-refractivity contribution in [1.82, 2.24) is 10.2 Å². The molecule has 3 atom stereocenters. The van der Waals surface area contributed by atoms with E-state index >= 15 is 0 Å². The quantitative estimate of drug-likeness (QED) is 0.754. The van der Waals surface area contributed by atoms with Crippen molar-refractivity contribution < 1.29 is 0 Å². The average Bonchev–Trinajstić information content (AvgIpc) is 2.64. The molecule has 1 fully saturated rings. The number of nitrogens with one attached hydrogen (secondary N) is 1. The summed E-state index contributed by atoms with van der Waals surface area (Å²) in [6, 6.07) is 1.45. The Labute approximate surface area is 92.8 Å². The molecule has 0 aliphatic carbocycles. The van der Waals surface area contributed by atoms with Crippen molar-refractivity contribution >= 4 is 11.8 Å². The molecule has 84 valence electrons. The van der Waals surface area contributed by atoms with Crippen LogP contribution in [0, 0.1) is 0 Å². The summed E-state index contributed by atoms with van der Waals surface area (Å²) in [6.07, 6.45) is 4.83. The molecule has 0 bridgehead atoms. The van der Waals surface area contributed by atoms with Crippen LogP contribution in [0.3, 0.4) is 0 Å². The molecule has 0 aromatic carbocycles. The van der Waals surface area contributed by atoms with E-state index in [1.54, 1.807) is 0 Å². The second-order valence-electron chi connectivity index (χ2n) is 4.30. The summed E-state index contributed by atoms with van der Waals surface area (Å²) >= 11 is 2.00. The van der Waals surface area contributed by atoms with Crippen molar-refractivity contribution in [2.45, 2.75) is 44.0 Å². The van der Waals surface area contributed by atoms with E-state index in [4.69, 9.17) is 0 Å². The minimum atomic E-state index is 0.722. The number of hydrogen-bond donors (Lipinski definition) is 1. The predicted molar refractivity (Wildman–Crippen MR) is 66.1 cm³/mol. The van der Waals surface area contributed by atoms with Gasteiger partial charge in [0.15, 0.2) is 0 Å². The van der Waals surface area contributed by atoms with Crippen LogP contribution in [-0.4, -0.2) is 48.6 Å². The van der Waals surface area contributed by atoms with Crippen LogP contribution in [0.2, 0.25) is 0 Å². The fourth-order valence-corrected chi connectivity index (χ4v) is 3.12. The molecule has 0 spiro atoms. The van der Waals surface area contributed by atoms with Crippen LogP contribution >= 0.6 is 11.8 Å². The summed E-state index contributed by atoms with van der Waals surface area (Å²) in [5.74, 6) is 0. The first kappa shape index (κ1) is 12.3. The molecular formula is C11H24N2S. The minimum absolute atomic E-state index is 0.722. The Bertz CT molecular complexity index is 163. The van der Waals surface area contributed by atoms with E-state index in [1.165, 1.54) is 19.4 Å². The third-order valence-corrected chi connectivity index (χ3v) is 4.44. The number of hydrogen-bond acceptors (Lipinski definition) is 3. The fourth-order valence-electron chi connectivity index (χ4n) is 2.24. The van der Waals surface area contributed by atoms with E-state index in [0.29, 0.717) is 0 Å². The highest BCUT2D eigenvalue weighted by Crippen LogP contribution is 2.21. The molecule has 0 aromatic rings. The smallest absolute Gasteiger partial charge is 0.0351 e. The maximum Gasteiger partial charge on any atom is 0.0351 e. The minimum Gasteiger partial charge on any atom is -0.314 e. The normalized spacial score (nSPS) is 29.8. The largest absolute Gasteiger partial charge is 0.314 e. The molecule has 3 unspecified atom stereocenters. The van der Waals surface area contributed by atoms with E-state index in [9.17, 15) is 0 Å². The number of nitrogens with zero attached hydrogens (tertiary/aromatic N) is 1. The van der Waals surface area contributed by atoms with Crippen molar-refractivity contribution in [2.75, 3.05) is 26.4 Å². The molecule has 0 radical (unpaired) electrons. The topological polar surface area (TPSA) is 15.3 Å². The van der Waals surface area contributed by atoms with E-state index in [1.807, 2.05) is 11.8 Å². The highest BCUT2D eigenvalue weighted by atomic mass is 32.2. The summed E-state index contributed by atoms with van der Waals surface area (Å²) in [6.45, 7) is 6.95. The zero-order valence-corrected chi connectivity index (χ0v) is 10.7. The Balaban J connectivity index is 2.45. The van der Waals surface area contributed by atoms with Crippen molar-refractivity contribution in [1.29, 1.82) is 0 Å². The summed E-state index contributed by atoms with van der Waals surface area (Å²) in [4.78, 5) is 2.56. The molecule has 1 rings (SSSR count). The van der Waals surface area contributed by atoms with Crippen LogP contribution in [0.1, 0.15) is 26.7 Å². The average molecular weight is 216 g/mol. The molecule has 3 heteroatoms. The van der Waals surface area contributed by atoms with E-state index in [0.717, 1.165) is 23.9 Å². The predicted octanol–water partition coefficient (Wildman–Crippen LogP) is 1.81. The van der Waals surface area contributed by atoms with Crippen LogP contribution in [0.15, 0.2) is 0 Å². The molecule has 14 heavy (non-hydrogen) atoms. The van der Waals surface area contributed by atoms with Gasteiger partial charge in [0.1, 0.15) is 0 Å². The zero-order chi connectivity index (χ0) is 10.6. The first-order chi connectivity index (χ1) is 6.70. The standard InChI is InChI=1S/C11H24N2S/c1-5-6-9(2)13(3)10-7-12-8-11(10)14-4/h9-12H,5-8H2,1-4H3. The second kappa shape index (κ2) is 5.99. The van der Waals surface area contributed by atoms with Gasteiger partial charge in [-0.1, -0.05) is 13.3 Å². The molecule has 1 saturated heterocycles. The van der Waals surface area contributed by atoms with Crippen LogP contribution in [0.25, 0.3) is 0 Å². The zero-order valence-electron chi connectivity index (χ0n) is 9.92. The Hall–Kier alpha value is 0.270. The third-order valence-electron chi connectivity index (χ3n) is 3.36. The van der Waals surface area contributed by atoms with Gasteiger partial charge in [0.25, 0.3) is 0 Å². The highest BCUT2D eigenvalue weighted by Gasteiger charge is 2.31. The molecule has 1 heterocycles. The number of thioether (sulfide) groups is 1. The molecule has 1 N–H and O–H groups in total. The number of likely N-dealkylation sites (N-methyl/N-ethyl adjacent to an activating group) is 1. The van der Waals surface area contributed by atoms with E-state index in [-0.39, 0.29) is 0 Å². The van der Waals surface area contributed by atoms with Gasteiger partial charge < -0.3 is 5.32 Å². The van der Waals surface area contributed by atoms with Gasteiger partial charge in [-0.2, -0.15) is 11.8 Å². The van der Waals surface area contributed by atoms with Gasteiger partial charge in [-0.15, -0.1) is 0 Å². The Morgan fingerprint density at radius 3 is 2.79 bits per heavy atom. The first-order valence-corrected chi connectivity index (χ1v) is 6.95. The van der Waals surface area contributed by atoms with Gasteiger partial charge in [0.2, 0.25) is 0 Å². The van der Waals surface area contributed by atoms with Crippen LogP contribution in [0.5, 0.6) is 0 Å². The van der Waals surface area contributed by atoms with Gasteiger partial charge in [0, 0.05) is 30.4 Å². The second-order valence-corrected chi connectivity index (χ2v) is 5.38. The summed E-state index contributed by atoms with van der Waals surface area (Å²) in [5.41, 5.74) is 0. The Kier molecular flexibility index (Phi) is 5.28. The summed E-state index contributed by atoms with van der Waals surface area (Å²) in [5, 5.41) is 4.27. The highest BCUT2D eigenvalue weighted by molar-refractivity contribution is 7.99. The van der Waals surface area contributed by atoms with Crippen molar-refractivity contribution in [3.8, 4) is 0 Å². The van der Waals surface area contributed by atoms with E-state index < -0.39 is 0 Å². The van der Waals surface area contributed by atoms with E-state index in [2.05, 4.69) is 37.4 Å². The monoisotopic (exact) mass is 216 g/mol. The van der Waals surface area contributed by atoms with Crippen LogP contribution in [0.4, 0.5) is 0 Å². The van der Waals surface area contributed by atoms with Gasteiger partial charge in [-0.3, -0.25) is 4.90 Å². The molecule has 2 nitrogen and oxygen atoms in total. The lowest BCUT2D eigenvalue weighted by atomic mass is 10.1. The lowest BCUT2D eigenvalue weighted by Gasteiger charge is -2.33. The lowest BCUT2D eigenvalue weighted by molar-refractivity contribution is 0.189.